The van der Waals surface area contributed by atoms with Crippen LogP contribution in [0.1, 0.15) is 17.1 Å². The summed E-state index contributed by atoms with van der Waals surface area (Å²) >= 11 is 0. The molecule has 0 bridgehead atoms. The molecule has 0 unspecified atom stereocenters. The van der Waals surface area contributed by atoms with Crippen molar-refractivity contribution in [3.63, 3.8) is 0 Å². The summed E-state index contributed by atoms with van der Waals surface area (Å²) in [4.78, 5) is 10.2. The first-order valence-electron chi connectivity index (χ1n) is 4.98. The molecule has 2 rings (SSSR count). The van der Waals surface area contributed by atoms with E-state index >= 15 is 0 Å². The van der Waals surface area contributed by atoms with Crippen molar-refractivity contribution in [1.82, 2.24) is 0 Å². The SMILES string of the molecule is O=[N+]([O-])c1ccc(C2[Si]CCC[Si]2)cc1. The van der Waals surface area contributed by atoms with E-state index in [0.717, 1.165) is 19.0 Å². The van der Waals surface area contributed by atoms with Gasteiger partial charge in [-0.2, -0.15) is 0 Å². The predicted molar refractivity (Wildman–Crippen MR) is 61.6 cm³/mol. The number of hydrogen-bond donors (Lipinski definition) is 0. The normalized spacial score (nSPS) is 17.6. The molecule has 0 amide bonds. The molecular formula is C10H11NO2Si2. The van der Waals surface area contributed by atoms with Crippen LogP contribution in [0.3, 0.4) is 0 Å². The van der Waals surface area contributed by atoms with Crippen molar-refractivity contribution in [3.8, 4) is 0 Å². The third-order valence-electron chi connectivity index (χ3n) is 2.49. The fraction of sp³-hybridized carbons (Fsp3) is 0.400. The molecule has 76 valence electrons. The van der Waals surface area contributed by atoms with E-state index in [2.05, 4.69) is 0 Å². The Hall–Kier alpha value is -0.946. The number of nitro groups is 1. The van der Waals surface area contributed by atoms with E-state index < -0.39 is 0 Å². The lowest BCUT2D eigenvalue weighted by atomic mass is 10.2. The number of rotatable bonds is 2. The highest BCUT2D eigenvalue weighted by Crippen LogP contribution is 2.23. The van der Waals surface area contributed by atoms with Gasteiger partial charge in [0.15, 0.2) is 0 Å². The van der Waals surface area contributed by atoms with E-state index in [1.165, 1.54) is 24.1 Å². The molecule has 5 heteroatoms. The number of non-ortho nitro benzene ring substituents is 1. The maximum Gasteiger partial charge on any atom is 0.269 e. The molecule has 4 radical (unpaired) electrons. The van der Waals surface area contributed by atoms with Gasteiger partial charge in [-0.1, -0.05) is 36.2 Å². The quantitative estimate of drug-likeness (QED) is 0.447. The Bertz CT molecular complexity index is 347. The summed E-state index contributed by atoms with van der Waals surface area (Å²) in [6.45, 7) is 0. The Morgan fingerprint density at radius 2 is 1.80 bits per heavy atom. The first-order chi connectivity index (χ1) is 7.27. The topological polar surface area (TPSA) is 43.1 Å². The molecule has 0 N–H and O–H groups in total. The minimum Gasteiger partial charge on any atom is -0.258 e. The monoisotopic (exact) mass is 233 g/mol. The Morgan fingerprint density at radius 1 is 1.20 bits per heavy atom. The van der Waals surface area contributed by atoms with E-state index in [9.17, 15) is 10.1 Å². The van der Waals surface area contributed by atoms with Gasteiger partial charge < -0.3 is 0 Å². The molecule has 1 aromatic rings. The summed E-state index contributed by atoms with van der Waals surface area (Å²) in [7, 11) is 2.01. The van der Waals surface area contributed by atoms with Crippen molar-refractivity contribution in [2.75, 3.05) is 0 Å². The molecule has 1 aromatic carbocycles. The first kappa shape index (κ1) is 10.6. The summed E-state index contributed by atoms with van der Waals surface area (Å²) < 4.78 is 0. The summed E-state index contributed by atoms with van der Waals surface area (Å²) in [5.74, 6) is 0. The summed E-state index contributed by atoms with van der Waals surface area (Å²) in [5.41, 5.74) is 1.48. The zero-order valence-electron chi connectivity index (χ0n) is 8.27. The average Bonchev–Trinajstić information content (AvgIpc) is 2.30. The van der Waals surface area contributed by atoms with E-state index in [0.29, 0.717) is 5.16 Å². The van der Waals surface area contributed by atoms with Crippen molar-refractivity contribution in [3.05, 3.63) is 39.9 Å². The number of nitrogens with zero attached hydrogens (tertiary/aromatic N) is 1. The lowest BCUT2D eigenvalue weighted by Gasteiger charge is -2.19. The van der Waals surface area contributed by atoms with Crippen molar-refractivity contribution in [1.29, 1.82) is 0 Å². The lowest BCUT2D eigenvalue weighted by molar-refractivity contribution is -0.384. The van der Waals surface area contributed by atoms with Gasteiger partial charge in [-0.3, -0.25) is 10.1 Å². The molecule has 3 nitrogen and oxygen atoms in total. The first-order valence-corrected chi connectivity index (χ1v) is 7.55. The Labute approximate surface area is 93.7 Å². The van der Waals surface area contributed by atoms with E-state index in [4.69, 9.17) is 0 Å². The molecule has 1 heterocycles. The van der Waals surface area contributed by atoms with Gasteiger partial charge in [-0.05, 0) is 5.16 Å². The van der Waals surface area contributed by atoms with Crippen LogP contribution in [0.2, 0.25) is 12.1 Å². The molecule has 0 aliphatic carbocycles. The molecule has 0 aromatic heterocycles. The lowest BCUT2D eigenvalue weighted by Crippen LogP contribution is -2.19. The fourth-order valence-corrected chi connectivity index (χ4v) is 5.67. The summed E-state index contributed by atoms with van der Waals surface area (Å²) in [6, 6.07) is 9.75. The van der Waals surface area contributed by atoms with E-state index in [1.807, 2.05) is 12.1 Å². The minimum absolute atomic E-state index is 0.196. The van der Waals surface area contributed by atoms with Gasteiger partial charge in [-0.25, -0.2) is 0 Å². The smallest absolute Gasteiger partial charge is 0.258 e. The zero-order valence-corrected chi connectivity index (χ0v) is 10.3. The summed E-state index contributed by atoms with van der Waals surface area (Å²) in [5, 5.41) is 11.2. The van der Waals surface area contributed by atoms with Crippen LogP contribution in [0.5, 0.6) is 0 Å². The average molecular weight is 233 g/mol. The highest BCUT2D eigenvalue weighted by atomic mass is 28.3. The molecule has 1 aliphatic rings. The van der Waals surface area contributed by atoms with Crippen LogP contribution >= 0.6 is 0 Å². The van der Waals surface area contributed by atoms with Crippen molar-refractivity contribution < 1.29 is 4.92 Å². The van der Waals surface area contributed by atoms with E-state index in [1.54, 1.807) is 12.1 Å². The fourth-order valence-electron chi connectivity index (χ4n) is 1.68. The third-order valence-corrected chi connectivity index (χ3v) is 6.48. The van der Waals surface area contributed by atoms with E-state index in [-0.39, 0.29) is 10.6 Å². The molecule has 0 atom stereocenters. The number of hydrogen-bond acceptors (Lipinski definition) is 2. The second-order valence-electron chi connectivity index (χ2n) is 3.54. The molecule has 15 heavy (non-hydrogen) atoms. The van der Waals surface area contributed by atoms with Crippen LogP contribution in [0.15, 0.2) is 24.3 Å². The number of nitro benzene ring substituents is 1. The second kappa shape index (κ2) is 4.72. The molecule has 1 saturated heterocycles. The van der Waals surface area contributed by atoms with Gasteiger partial charge in [0.05, 0.1) is 4.92 Å². The molecule has 0 saturated carbocycles. The number of benzene rings is 1. The van der Waals surface area contributed by atoms with Crippen LogP contribution in [0.4, 0.5) is 5.69 Å². The third kappa shape index (κ3) is 2.54. The van der Waals surface area contributed by atoms with Gasteiger partial charge in [0.1, 0.15) is 0 Å². The largest absolute Gasteiger partial charge is 0.269 e. The summed E-state index contributed by atoms with van der Waals surface area (Å²) in [6.07, 6.45) is 1.36. The molecule has 0 spiro atoms. The van der Waals surface area contributed by atoms with Crippen molar-refractivity contribution >= 4 is 24.7 Å². The second-order valence-corrected chi connectivity index (χ2v) is 7.09. The standard InChI is InChI=1S/C10H11NO2Si2/c12-11(13)9-4-2-8(3-5-9)10-14-6-1-7-15-10/h2-5,10H,1,6-7H2. The van der Waals surface area contributed by atoms with Gasteiger partial charge in [0.2, 0.25) is 0 Å². The van der Waals surface area contributed by atoms with Crippen LogP contribution in [0.25, 0.3) is 0 Å². The van der Waals surface area contributed by atoms with Crippen LogP contribution in [-0.4, -0.2) is 24.0 Å². The van der Waals surface area contributed by atoms with Crippen molar-refractivity contribution in [2.45, 2.75) is 23.7 Å². The Balaban J connectivity index is 2.11. The van der Waals surface area contributed by atoms with Crippen molar-refractivity contribution in [2.24, 2.45) is 0 Å². The molecule has 1 fully saturated rings. The van der Waals surface area contributed by atoms with Gasteiger partial charge >= 0.3 is 0 Å². The van der Waals surface area contributed by atoms with Crippen LogP contribution in [0, 0.1) is 10.1 Å². The van der Waals surface area contributed by atoms with Crippen LogP contribution in [-0.2, 0) is 0 Å². The maximum atomic E-state index is 10.5. The van der Waals surface area contributed by atoms with Gasteiger partial charge in [0, 0.05) is 31.2 Å². The highest BCUT2D eigenvalue weighted by molar-refractivity contribution is 6.60. The molecule has 1 aliphatic heterocycles. The van der Waals surface area contributed by atoms with Gasteiger partial charge in [0.25, 0.3) is 5.69 Å². The zero-order chi connectivity index (χ0) is 10.7. The van der Waals surface area contributed by atoms with Gasteiger partial charge in [-0.15, -0.1) is 0 Å². The van der Waals surface area contributed by atoms with Crippen LogP contribution < -0.4 is 0 Å². The highest BCUT2D eigenvalue weighted by Gasteiger charge is 2.17. The predicted octanol–water partition coefficient (Wildman–Crippen LogP) is 2.24. The maximum absolute atomic E-state index is 10.5. The Kier molecular flexibility index (Phi) is 3.32. The minimum atomic E-state index is -0.338. The molecular weight excluding hydrogens is 222 g/mol. The Morgan fingerprint density at radius 3 is 2.33 bits per heavy atom.